The first kappa shape index (κ1) is 11.8. The number of hydrogen-bond acceptors (Lipinski definition) is 1. The Hall–Kier alpha value is -0.300. The topological polar surface area (TPSA) is 20.2 Å². The summed E-state index contributed by atoms with van der Waals surface area (Å²) in [6.45, 7) is 4.69. The molecule has 0 radical (unpaired) electrons. The summed E-state index contributed by atoms with van der Waals surface area (Å²) < 4.78 is 0. The Bertz CT molecular complexity index is 319. The van der Waals surface area contributed by atoms with Crippen molar-refractivity contribution >= 4 is 0 Å². The van der Waals surface area contributed by atoms with Gasteiger partial charge in [-0.05, 0) is 68.1 Å². The van der Waals surface area contributed by atoms with Crippen LogP contribution in [0.15, 0.2) is 11.6 Å². The molecule has 3 aliphatic rings. The maximum atomic E-state index is 10.4. The van der Waals surface area contributed by atoms with Crippen LogP contribution in [0.1, 0.15) is 52.4 Å². The molecule has 0 spiro atoms. The molecule has 2 saturated carbocycles. The molecule has 0 aromatic rings. The molecule has 0 aromatic heterocycles. The summed E-state index contributed by atoms with van der Waals surface area (Å²) in [4.78, 5) is 0. The van der Waals surface area contributed by atoms with Crippen LogP contribution < -0.4 is 0 Å². The molecule has 17 heavy (non-hydrogen) atoms. The van der Waals surface area contributed by atoms with Crippen LogP contribution in [0.3, 0.4) is 0 Å². The summed E-state index contributed by atoms with van der Waals surface area (Å²) in [6, 6.07) is 0. The van der Waals surface area contributed by atoms with E-state index in [0.717, 1.165) is 24.2 Å². The summed E-state index contributed by atoms with van der Waals surface area (Å²) in [6.07, 6.45) is 10.3. The predicted molar refractivity (Wildman–Crippen MR) is 70.6 cm³/mol. The van der Waals surface area contributed by atoms with Crippen LogP contribution in [0, 0.1) is 29.6 Å². The van der Waals surface area contributed by atoms with Crippen LogP contribution in [-0.4, -0.2) is 11.2 Å². The second kappa shape index (κ2) is 4.42. The monoisotopic (exact) mass is 234 g/mol. The van der Waals surface area contributed by atoms with Crippen LogP contribution in [0.2, 0.25) is 0 Å². The number of aliphatic hydroxyl groups is 1. The Morgan fingerprint density at radius 2 is 2.00 bits per heavy atom. The minimum absolute atomic E-state index is 0.0559. The van der Waals surface area contributed by atoms with E-state index in [1.807, 2.05) is 0 Å². The molecule has 3 rings (SSSR count). The van der Waals surface area contributed by atoms with Gasteiger partial charge in [-0.2, -0.15) is 0 Å². The first-order valence-corrected chi connectivity index (χ1v) is 7.55. The van der Waals surface area contributed by atoms with Crippen molar-refractivity contribution in [3.05, 3.63) is 11.6 Å². The highest BCUT2D eigenvalue weighted by molar-refractivity contribution is 5.17. The van der Waals surface area contributed by atoms with Crippen molar-refractivity contribution in [2.45, 2.75) is 58.5 Å². The van der Waals surface area contributed by atoms with Crippen molar-refractivity contribution in [3.8, 4) is 0 Å². The van der Waals surface area contributed by atoms with E-state index >= 15 is 0 Å². The SMILES string of the molecule is C[C@H]1[C@@H]2CC[C@@H](C)[C@@H]2/C=C2/CCC[C@H]2C[C@@H]1O. The predicted octanol–water partition coefficient (Wildman–Crippen LogP) is 3.78. The van der Waals surface area contributed by atoms with Gasteiger partial charge in [-0.15, -0.1) is 0 Å². The molecule has 1 heteroatoms. The van der Waals surface area contributed by atoms with Crippen LogP contribution >= 0.6 is 0 Å². The van der Waals surface area contributed by atoms with E-state index < -0.39 is 0 Å². The molecule has 6 atom stereocenters. The normalized spacial score (nSPS) is 53.2. The van der Waals surface area contributed by atoms with Gasteiger partial charge in [-0.3, -0.25) is 0 Å². The van der Waals surface area contributed by atoms with Crippen LogP contribution in [-0.2, 0) is 0 Å². The van der Waals surface area contributed by atoms with Gasteiger partial charge < -0.3 is 5.11 Å². The molecule has 0 amide bonds. The highest BCUT2D eigenvalue weighted by Crippen LogP contribution is 2.48. The molecule has 0 unspecified atom stereocenters. The van der Waals surface area contributed by atoms with Crippen molar-refractivity contribution < 1.29 is 5.11 Å². The average Bonchev–Trinajstić information content (AvgIpc) is 2.86. The standard InChI is InChI=1S/C16H26O/c1-10-6-7-14-11(2)16(17)9-13-5-3-4-12(13)8-15(10)14/h8,10-11,13-17H,3-7,9H2,1-2H3/b12-8-/t10-,11+,13+,14+,15+,16+/m1/s1. The van der Waals surface area contributed by atoms with E-state index in [-0.39, 0.29) is 6.10 Å². The van der Waals surface area contributed by atoms with Crippen molar-refractivity contribution in [1.29, 1.82) is 0 Å². The molecule has 2 fully saturated rings. The highest BCUT2D eigenvalue weighted by atomic mass is 16.3. The number of allylic oxidation sites excluding steroid dienone is 2. The van der Waals surface area contributed by atoms with E-state index in [9.17, 15) is 5.11 Å². The largest absolute Gasteiger partial charge is 0.393 e. The zero-order valence-electron chi connectivity index (χ0n) is 11.2. The summed E-state index contributed by atoms with van der Waals surface area (Å²) in [5.41, 5.74) is 1.69. The molecule has 1 N–H and O–H groups in total. The number of rotatable bonds is 0. The highest BCUT2D eigenvalue weighted by Gasteiger charge is 2.41. The second-order valence-electron chi connectivity index (χ2n) is 6.79. The molecular weight excluding hydrogens is 208 g/mol. The van der Waals surface area contributed by atoms with E-state index in [0.29, 0.717) is 11.8 Å². The quantitative estimate of drug-likeness (QED) is 0.632. The number of hydrogen-bond donors (Lipinski definition) is 1. The molecular formula is C16H26O. The smallest absolute Gasteiger partial charge is 0.0574 e. The minimum atomic E-state index is -0.0559. The van der Waals surface area contributed by atoms with E-state index in [1.165, 1.54) is 32.1 Å². The lowest BCUT2D eigenvalue weighted by Crippen LogP contribution is -2.32. The first-order chi connectivity index (χ1) is 8.16. The summed E-state index contributed by atoms with van der Waals surface area (Å²) in [5.74, 6) is 3.55. The van der Waals surface area contributed by atoms with Crippen molar-refractivity contribution in [2.75, 3.05) is 0 Å². The third-order valence-electron chi connectivity index (χ3n) is 5.86. The third kappa shape index (κ3) is 1.97. The molecule has 0 heterocycles. The fourth-order valence-corrected chi connectivity index (χ4v) is 4.63. The lowest BCUT2D eigenvalue weighted by molar-refractivity contribution is 0.0524. The van der Waals surface area contributed by atoms with Crippen molar-refractivity contribution in [1.82, 2.24) is 0 Å². The van der Waals surface area contributed by atoms with Crippen LogP contribution in [0.5, 0.6) is 0 Å². The van der Waals surface area contributed by atoms with Gasteiger partial charge >= 0.3 is 0 Å². The van der Waals surface area contributed by atoms with Gasteiger partial charge in [0.15, 0.2) is 0 Å². The second-order valence-corrected chi connectivity index (χ2v) is 6.79. The van der Waals surface area contributed by atoms with Crippen molar-refractivity contribution in [2.24, 2.45) is 29.6 Å². The lowest BCUT2D eigenvalue weighted by atomic mass is 9.73. The van der Waals surface area contributed by atoms with Gasteiger partial charge in [0.1, 0.15) is 0 Å². The molecule has 0 aliphatic heterocycles. The Morgan fingerprint density at radius 3 is 2.82 bits per heavy atom. The van der Waals surface area contributed by atoms with Crippen molar-refractivity contribution in [3.63, 3.8) is 0 Å². The van der Waals surface area contributed by atoms with Gasteiger partial charge in [0, 0.05) is 0 Å². The maximum absolute atomic E-state index is 10.4. The Morgan fingerprint density at radius 1 is 1.18 bits per heavy atom. The number of fused-ring (bicyclic) bond motifs is 2. The summed E-state index contributed by atoms with van der Waals surface area (Å²) in [5, 5.41) is 10.4. The van der Waals surface area contributed by atoms with E-state index in [2.05, 4.69) is 19.9 Å². The Kier molecular flexibility index (Phi) is 3.06. The third-order valence-corrected chi connectivity index (χ3v) is 5.86. The average molecular weight is 234 g/mol. The molecule has 3 aliphatic carbocycles. The van der Waals surface area contributed by atoms with Gasteiger partial charge in [0.05, 0.1) is 6.10 Å². The Labute approximate surface area is 105 Å². The molecule has 96 valence electrons. The lowest BCUT2D eigenvalue weighted by Gasteiger charge is -2.34. The molecule has 1 nitrogen and oxygen atoms in total. The fourth-order valence-electron chi connectivity index (χ4n) is 4.63. The minimum Gasteiger partial charge on any atom is -0.393 e. The van der Waals surface area contributed by atoms with Gasteiger partial charge in [0.25, 0.3) is 0 Å². The van der Waals surface area contributed by atoms with Gasteiger partial charge in [-0.1, -0.05) is 25.5 Å². The van der Waals surface area contributed by atoms with Gasteiger partial charge in [0.2, 0.25) is 0 Å². The van der Waals surface area contributed by atoms with E-state index in [1.54, 1.807) is 5.57 Å². The van der Waals surface area contributed by atoms with Crippen LogP contribution in [0.4, 0.5) is 0 Å². The Balaban J connectivity index is 1.93. The van der Waals surface area contributed by atoms with Crippen LogP contribution in [0.25, 0.3) is 0 Å². The molecule has 0 aromatic carbocycles. The zero-order valence-corrected chi connectivity index (χ0v) is 11.2. The first-order valence-electron chi connectivity index (χ1n) is 7.55. The van der Waals surface area contributed by atoms with E-state index in [4.69, 9.17) is 0 Å². The fraction of sp³-hybridized carbons (Fsp3) is 0.875. The summed E-state index contributed by atoms with van der Waals surface area (Å²) in [7, 11) is 0. The maximum Gasteiger partial charge on any atom is 0.0574 e. The molecule has 0 bridgehead atoms. The molecule has 0 saturated heterocycles. The summed E-state index contributed by atoms with van der Waals surface area (Å²) >= 11 is 0. The van der Waals surface area contributed by atoms with Gasteiger partial charge in [-0.25, -0.2) is 0 Å². The zero-order chi connectivity index (χ0) is 12.0. The number of aliphatic hydroxyl groups excluding tert-OH is 1.